The van der Waals surface area contributed by atoms with E-state index in [1.807, 2.05) is 42.5 Å². The number of anilines is 1. The first-order valence-corrected chi connectivity index (χ1v) is 8.58. The molecule has 0 unspecified atom stereocenters. The van der Waals surface area contributed by atoms with Gasteiger partial charge in [0.05, 0.1) is 5.56 Å². The maximum atomic E-state index is 11.8. The fourth-order valence-electron chi connectivity index (χ4n) is 2.24. The summed E-state index contributed by atoms with van der Waals surface area (Å²) in [6, 6.07) is 16.9. The minimum absolute atomic E-state index is 0.298. The van der Waals surface area contributed by atoms with Crippen molar-refractivity contribution in [3.8, 4) is 11.8 Å². The molecule has 1 heterocycles. The summed E-state index contributed by atoms with van der Waals surface area (Å²) in [5, 5.41) is 15.6. The number of nitrogens with zero attached hydrogens (tertiary/aromatic N) is 1. The number of nitriles is 1. The first-order valence-electron chi connectivity index (χ1n) is 7.70. The Morgan fingerprint density at radius 2 is 1.88 bits per heavy atom. The van der Waals surface area contributed by atoms with Crippen LogP contribution in [0.1, 0.15) is 5.56 Å². The highest BCUT2D eigenvalue weighted by molar-refractivity contribution is 7.14. The Bertz CT molecular complexity index is 990. The van der Waals surface area contributed by atoms with Crippen LogP contribution in [0.15, 0.2) is 53.9 Å². The van der Waals surface area contributed by atoms with Crippen molar-refractivity contribution in [1.82, 2.24) is 0 Å². The van der Waals surface area contributed by atoms with Crippen molar-refractivity contribution >= 4 is 39.0 Å². The van der Waals surface area contributed by atoms with Gasteiger partial charge >= 0.3 is 5.97 Å². The first-order chi connectivity index (χ1) is 12.7. The molecule has 0 radical (unpaired) electrons. The third kappa shape index (κ3) is 4.37. The minimum atomic E-state index is -0.653. The summed E-state index contributed by atoms with van der Waals surface area (Å²) in [5.41, 5.74) is 0.370. The molecule has 3 rings (SSSR count). The van der Waals surface area contributed by atoms with E-state index in [2.05, 4.69) is 5.32 Å². The van der Waals surface area contributed by atoms with E-state index in [0.717, 1.165) is 10.8 Å². The van der Waals surface area contributed by atoms with Gasteiger partial charge in [0.25, 0.3) is 5.91 Å². The Morgan fingerprint density at radius 1 is 1.08 bits per heavy atom. The van der Waals surface area contributed by atoms with Gasteiger partial charge in [0.15, 0.2) is 13.2 Å². The van der Waals surface area contributed by atoms with E-state index in [4.69, 9.17) is 14.7 Å². The number of thiophene rings is 1. The summed E-state index contributed by atoms with van der Waals surface area (Å²) < 4.78 is 10.3. The van der Waals surface area contributed by atoms with Crippen molar-refractivity contribution < 1.29 is 19.1 Å². The Labute approximate surface area is 153 Å². The fourth-order valence-corrected chi connectivity index (χ4v) is 3.00. The van der Waals surface area contributed by atoms with Gasteiger partial charge in [-0.3, -0.25) is 4.79 Å². The highest BCUT2D eigenvalue weighted by Crippen LogP contribution is 2.22. The number of esters is 1. The number of ether oxygens (including phenoxy) is 2. The Morgan fingerprint density at radius 3 is 2.69 bits per heavy atom. The molecule has 1 amide bonds. The number of carbonyl (C=O) groups is 2. The van der Waals surface area contributed by atoms with Crippen molar-refractivity contribution in [2.24, 2.45) is 0 Å². The number of nitrogens with one attached hydrogen (secondary N) is 1. The monoisotopic (exact) mass is 366 g/mol. The molecule has 0 spiro atoms. The van der Waals surface area contributed by atoms with Crippen molar-refractivity contribution in [1.29, 1.82) is 5.26 Å². The van der Waals surface area contributed by atoms with Crippen LogP contribution in [0.25, 0.3) is 10.8 Å². The van der Waals surface area contributed by atoms with Crippen molar-refractivity contribution in [2.75, 3.05) is 18.5 Å². The average molecular weight is 366 g/mol. The molecule has 130 valence electrons. The zero-order chi connectivity index (χ0) is 18.4. The maximum absolute atomic E-state index is 11.8. The van der Waals surface area contributed by atoms with E-state index in [1.54, 1.807) is 17.5 Å². The minimum Gasteiger partial charge on any atom is -0.482 e. The molecule has 0 saturated carbocycles. The summed E-state index contributed by atoms with van der Waals surface area (Å²) in [6.07, 6.45) is 0. The largest absolute Gasteiger partial charge is 0.482 e. The summed E-state index contributed by atoms with van der Waals surface area (Å²) >= 11 is 1.23. The van der Waals surface area contributed by atoms with Crippen LogP contribution in [0, 0.1) is 11.3 Å². The summed E-state index contributed by atoms with van der Waals surface area (Å²) in [7, 11) is 0. The molecule has 0 fully saturated rings. The summed E-state index contributed by atoms with van der Waals surface area (Å²) in [6.45, 7) is -0.739. The highest BCUT2D eigenvalue weighted by Gasteiger charge is 2.11. The van der Waals surface area contributed by atoms with Gasteiger partial charge in [-0.15, -0.1) is 11.3 Å². The van der Waals surface area contributed by atoms with Gasteiger partial charge in [-0.25, -0.2) is 4.79 Å². The van der Waals surface area contributed by atoms with E-state index < -0.39 is 18.5 Å². The van der Waals surface area contributed by atoms with Crippen LogP contribution in [0.2, 0.25) is 0 Å². The predicted octanol–water partition coefficient (Wildman–Crippen LogP) is 3.33. The second kappa shape index (κ2) is 8.14. The number of rotatable bonds is 6. The van der Waals surface area contributed by atoms with Gasteiger partial charge in [0.1, 0.15) is 16.8 Å². The average Bonchev–Trinajstić information content (AvgIpc) is 3.11. The van der Waals surface area contributed by atoms with E-state index in [1.165, 1.54) is 11.3 Å². The first kappa shape index (κ1) is 17.5. The van der Waals surface area contributed by atoms with E-state index in [0.29, 0.717) is 16.3 Å². The van der Waals surface area contributed by atoms with Gasteiger partial charge in [-0.1, -0.05) is 30.3 Å². The van der Waals surface area contributed by atoms with Gasteiger partial charge in [0, 0.05) is 0 Å². The lowest BCUT2D eigenvalue weighted by molar-refractivity contribution is -0.149. The number of hydrogen-bond acceptors (Lipinski definition) is 6. The maximum Gasteiger partial charge on any atom is 0.344 e. The topological polar surface area (TPSA) is 88.4 Å². The van der Waals surface area contributed by atoms with Crippen LogP contribution >= 0.6 is 11.3 Å². The van der Waals surface area contributed by atoms with E-state index >= 15 is 0 Å². The van der Waals surface area contributed by atoms with Crippen LogP contribution in [0.3, 0.4) is 0 Å². The number of fused-ring (bicyclic) bond motifs is 1. The molecule has 26 heavy (non-hydrogen) atoms. The van der Waals surface area contributed by atoms with Crippen LogP contribution in [0.5, 0.6) is 5.75 Å². The molecule has 0 aliphatic rings. The molecule has 0 aliphatic heterocycles. The lowest BCUT2D eigenvalue weighted by Gasteiger charge is -2.08. The molecule has 0 saturated heterocycles. The Balaban J connectivity index is 1.46. The summed E-state index contributed by atoms with van der Waals surface area (Å²) in [5.74, 6) is -0.620. The third-order valence-electron chi connectivity index (χ3n) is 3.48. The molecule has 1 aromatic heterocycles. The number of hydrogen-bond donors (Lipinski definition) is 1. The molecule has 0 atom stereocenters. The van der Waals surface area contributed by atoms with E-state index in [9.17, 15) is 9.59 Å². The molecule has 2 aromatic carbocycles. The lowest BCUT2D eigenvalue weighted by atomic mass is 10.1. The Kier molecular flexibility index (Phi) is 5.46. The van der Waals surface area contributed by atoms with Crippen LogP contribution in [-0.4, -0.2) is 25.1 Å². The van der Waals surface area contributed by atoms with Crippen LogP contribution in [0.4, 0.5) is 5.00 Å². The summed E-state index contributed by atoms with van der Waals surface area (Å²) in [4.78, 5) is 23.5. The SMILES string of the molecule is N#Cc1ccsc1NC(=O)COC(=O)COc1ccc2ccccc2c1. The number of amides is 1. The second-order valence-corrected chi connectivity index (χ2v) is 6.20. The van der Waals surface area contributed by atoms with Gasteiger partial charge in [0.2, 0.25) is 0 Å². The lowest BCUT2D eigenvalue weighted by Crippen LogP contribution is -2.23. The second-order valence-electron chi connectivity index (χ2n) is 5.28. The predicted molar refractivity (Wildman–Crippen MR) is 98.1 cm³/mol. The third-order valence-corrected chi connectivity index (χ3v) is 4.31. The number of benzene rings is 2. The highest BCUT2D eigenvalue weighted by atomic mass is 32.1. The molecule has 1 N–H and O–H groups in total. The van der Waals surface area contributed by atoms with E-state index in [-0.39, 0.29) is 6.61 Å². The van der Waals surface area contributed by atoms with Crippen LogP contribution < -0.4 is 10.1 Å². The van der Waals surface area contributed by atoms with Crippen LogP contribution in [-0.2, 0) is 14.3 Å². The zero-order valence-corrected chi connectivity index (χ0v) is 14.4. The molecular weight excluding hydrogens is 352 g/mol. The molecule has 7 heteroatoms. The van der Waals surface area contributed by atoms with Gasteiger partial charge < -0.3 is 14.8 Å². The normalized spacial score (nSPS) is 10.1. The smallest absolute Gasteiger partial charge is 0.344 e. The molecular formula is C19H14N2O4S. The van der Waals surface area contributed by atoms with Crippen molar-refractivity contribution in [3.63, 3.8) is 0 Å². The van der Waals surface area contributed by atoms with Gasteiger partial charge in [-0.2, -0.15) is 5.26 Å². The van der Waals surface area contributed by atoms with Crippen molar-refractivity contribution in [2.45, 2.75) is 0 Å². The number of carbonyl (C=O) groups excluding carboxylic acids is 2. The standard InChI is InChI=1S/C19H14N2O4S/c20-10-15-7-8-26-19(15)21-17(22)11-25-18(23)12-24-16-6-5-13-3-1-2-4-14(13)9-16/h1-9H,11-12H2,(H,21,22). The molecule has 0 aliphatic carbocycles. The molecule has 6 nitrogen and oxygen atoms in total. The Hall–Kier alpha value is -3.37. The quantitative estimate of drug-likeness (QED) is 0.676. The van der Waals surface area contributed by atoms with Gasteiger partial charge in [-0.05, 0) is 34.4 Å². The zero-order valence-electron chi connectivity index (χ0n) is 13.6. The molecule has 0 bridgehead atoms. The van der Waals surface area contributed by atoms with Crippen molar-refractivity contribution in [3.05, 3.63) is 59.5 Å². The molecule has 3 aromatic rings. The fraction of sp³-hybridized carbons (Fsp3) is 0.105.